The number of thiazole rings is 1. The van der Waals surface area contributed by atoms with Gasteiger partial charge in [0.1, 0.15) is 11.5 Å². The normalized spacial score (nSPS) is 14.7. The fourth-order valence-electron chi connectivity index (χ4n) is 5.04. The molecule has 0 aliphatic carbocycles. The third-order valence-corrected chi connectivity index (χ3v) is 7.86. The largest absolute Gasteiger partial charge is 0.494 e. The molecule has 5 rings (SSSR count). The fourth-order valence-corrected chi connectivity index (χ4v) is 6.07. The lowest BCUT2D eigenvalue weighted by molar-refractivity contribution is -0.145. The van der Waals surface area contributed by atoms with Crippen LogP contribution < -0.4 is 24.4 Å². The zero-order valence-electron chi connectivity index (χ0n) is 24.4. The molecule has 10 heteroatoms. The maximum absolute atomic E-state index is 14.2. The van der Waals surface area contributed by atoms with E-state index in [2.05, 4.69) is 4.99 Å². The van der Waals surface area contributed by atoms with Crippen LogP contribution in [0.1, 0.15) is 44.9 Å². The molecule has 3 aromatic carbocycles. The van der Waals surface area contributed by atoms with E-state index in [0.29, 0.717) is 44.3 Å². The maximum Gasteiger partial charge on any atom is 0.344 e. The fraction of sp³-hybridized carbons (Fsp3) is 0.273. The third kappa shape index (κ3) is 6.10. The molecule has 1 atom stereocenters. The summed E-state index contributed by atoms with van der Waals surface area (Å²) in [5.74, 6) is 0.103. The average molecular weight is 601 g/mol. The molecule has 43 heavy (non-hydrogen) atoms. The van der Waals surface area contributed by atoms with E-state index < -0.39 is 18.0 Å². The Hall–Kier alpha value is -4.70. The number of carbonyl (C=O) groups is 2. The number of rotatable bonds is 10. The van der Waals surface area contributed by atoms with Gasteiger partial charge in [0.2, 0.25) is 0 Å². The molecule has 2 heterocycles. The Morgan fingerprint density at radius 2 is 1.67 bits per heavy atom. The molecule has 0 N–H and O–H groups in total. The van der Waals surface area contributed by atoms with Gasteiger partial charge in [0, 0.05) is 5.56 Å². The van der Waals surface area contributed by atoms with Gasteiger partial charge in [-0.05, 0) is 68.3 Å². The number of esters is 2. The molecule has 1 aromatic heterocycles. The Morgan fingerprint density at radius 1 is 0.930 bits per heavy atom. The first-order valence-corrected chi connectivity index (χ1v) is 14.9. The Labute approximate surface area is 252 Å². The highest BCUT2D eigenvalue weighted by molar-refractivity contribution is 7.07. The molecular formula is C33H32N2O7S. The van der Waals surface area contributed by atoms with Gasteiger partial charge in [-0.2, -0.15) is 0 Å². The van der Waals surface area contributed by atoms with Gasteiger partial charge in [0.15, 0.2) is 11.4 Å². The van der Waals surface area contributed by atoms with Crippen molar-refractivity contribution in [3.63, 3.8) is 0 Å². The highest BCUT2D eigenvalue weighted by Crippen LogP contribution is 2.32. The monoisotopic (exact) mass is 600 g/mol. The van der Waals surface area contributed by atoms with Crippen LogP contribution in [0.15, 0.2) is 81.7 Å². The predicted octanol–water partition coefficient (Wildman–Crippen LogP) is 4.29. The van der Waals surface area contributed by atoms with Crippen LogP contribution in [0.5, 0.6) is 11.5 Å². The maximum atomic E-state index is 14.2. The van der Waals surface area contributed by atoms with Crippen molar-refractivity contribution in [2.45, 2.75) is 33.7 Å². The SMILES string of the molecule is CCOC(=O)COc1ccc2ccccc2c1/C=c1\sc2n(c1=O)[C@@H](c1ccc(OCC)cc1)C(C(=O)OCC)=C(C)N=2. The van der Waals surface area contributed by atoms with Crippen molar-refractivity contribution in [3.8, 4) is 11.5 Å². The minimum Gasteiger partial charge on any atom is -0.494 e. The molecule has 0 fully saturated rings. The summed E-state index contributed by atoms with van der Waals surface area (Å²) >= 11 is 1.22. The van der Waals surface area contributed by atoms with E-state index in [9.17, 15) is 14.4 Å². The number of benzene rings is 3. The first-order chi connectivity index (χ1) is 20.9. The molecule has 0 bridgehead atoms. The standard InChI is InChI=1S/C33H32N2O7S/c1-5-39-23-15-12-22(13-16-23)30-29(32(38)41-7-3)20(4)34-33-35(30)31(37)27(43-33)18-25-24-11-9-8-10-21(24)14-17-26(25)42-19-28(36)40-6-2/h8-18,30H,5-7,19H2,1-4H3/b27-18-/t30-/m0/s1. The summed E-state index contributed by atoms with van der Waals surface area (Å²) < 4.78 is 23.8. The van der Waals surface area contributed by atoms with E-state index in [4.69, 9.17) is 18.9 Å². The van der Waals surface area contributed by atoms with Crippen molar-refractivity contribution in [1.82, 2.24) is 4.57 Å². The van der Waals surface area contributed by atoms with Gasteiger partial charge in [-0.25, -0.2) is 14.6 Å². The van der Waals surface area contributed by atoms with E-state index in [1.165, 1.54) is 15.9 Å². The second kappa shape index (κ2) is 13.1. The van der Waals surface area contributed by atoms with Crippen LogP contribution in [0.25, 0.3) is 16.8 Å². The smallest absolute Gasteiger partial charge is 0.344 e. The van der Waals surface area contributed by atoms with E-state index in [0.717, 1.165) is 16.3 Å². The first kappa shape index (κ1) is 29.8. The summed E-state index contributed by atoms with van der Waals surface area (Å²) in [7, 11) is 0. The lowest BCUT2D eigenvalue weighted by Crippen LogP contribution is -2.39. The second-order valence-corrected chi connectivity index (χ2v) is 10.6. The summed E-state index contributed by atoms with van der Waals surface area (Å²) in [6.45, 7) is 7.80. The van der Waals surface area contributed by atoms with Gasteiger partial charge >= 0.3 is 11.9 Å². The molecule has 0 saturated heterocycles. The third-order valence-electron chi connectivity index (χ3n) is 6.88. The van der Waals surface area contributed by atoms with Crippen LogP contribution in [0, 0.1) is 0 Å². The first-order valence-electron chi connectivity index (χ1n) is 14.1. The summed E-state index contributed by atoms with van der Waals surface area (Å²) in [4.78, 5) is 44.6. The summed E-state index contributed by atoms with van der Waals surface area (Å²) in [5.41, 5.74) is 1.83. The summed E-state index contributed by atoms with van der Waals surface area (Å²) in [6.07, 6.45) is 1.76. The number of nitrogens with zero attached hydrogens (tertiary/aromatic N) is 2. The van der Waals surface area contributed by atoms with Crippen molar-refractivity contribution >= 4 is 40.1 Å². The summed E-state index contributed by atoms with van der Waals surface area (Å²) in [5, 5.41) is 1.79. The average Bonchev–Trinajstić information content (AvgIpc) is 3.30. The van der Waals surface area contributed by atoms with E-state index in [-0.39, 0.29) is 25.4 Å². The summed E-state index contributed by atoms with van der Waals surface area (Å²) in [6, 6.07) is 18.0. The van der Waals surface area contributed by atoms with Crippen LogP contribution >= 0.6 is 11.3 Å². The molecule has 4 aromatic rings. The highest BCUT2D eigenvalue weighted by atomic mass is 32.1. The number of aromatic nitrogens is 1. The number of allylic oxidation sites excluding steroid dienone is 1. The number of hydrogen-bond donors (Lipinski definition) is 0. The van der Waals surface area contributed by atoms with Crippen molar-refractivity contribution in [1.29, 1.82) is 0 Å². The zero-order chi connectivity index (χ0) is 30.5. The lowest BCUT2D eigenvalue weighted by Gasteiger charge is -2.24. The quantitative estimate of drug-likeness (QED) is 0.250. The molecule has 222 valence electrons. The van der Waals surface area contributed by atoms with Crippen molar-refractivity contribution in [2.75, 3.05) is 26.4 Å². The molecular weight excluding hydrogens is 568 g/mol. The molecule has 1 aliphatic rings. The molecule has 9 nitrogen and oxygen atoms in total. The van der Waals surface area contributed by atoms with Crippen LogP contribution in [0.2, 0.25) is 0 Å². The van der Waals surface area contributed by atoms with Crippen molar-refractivity contribution in [2.24, 2.45) is 4.99 Å². The Kier molecular flexibility index (Phi) is 9.06. The van der Waals surface area contributed by atoms with Gasteiger partial charge in [-0.15, -0.1) is 0 Å². The van der Waals surface area contributed by atoms with Crippen LogP contribution in [0.4, 0.5) is 0 Å². The van der Waals surface area contributed by atoms with Gasteiger partial charge in [0.05, 0.1) is 41.7 Å². The van der Waals surface area contributed by atoms with Crippen molar-refractivity contribution < 1.29 is 28.5 Å². The van der Waals surface area contributed by atoms with Gasteiger partial charge in [-0.3, -0.25) is 9.36 Å². The molecule has 0 amide bonds. The van der Waals surface area contributed by atoms with E-state index >= 15 is 0 Å². The molecule has 0 saturated carbocycles. The lowest BCUT2D eigenvalue weighted by atomic mass is 9.96. The van der Waals surface area contributed by atoms with Gasteiger partial charge in [-0.1, -0.05) is 53.8 Å². The molecule has 0 radical (unpaired) electrons. The van der Waals surface area contributed by atoms with Gasteiger partial charge < -0.3 is 18.9 Å². The Morgan fingerprint density at radius 3 is 2.40 bits per heavy atom. The van der Waals surface area contributed by atoms with Gasteiger partial charge in [0.25, 0.3) is 5.56 Å². The number of carbonyl (C=O) groups excluding carboxylic acids is 2. The van der Waals surface area contributed by atoms with E-state index in [1.807, 2.05) is 61.5 Å². The van der Waals surface area contributed by atoms with Crippen LogP contribution in [-0.2, 0) is 19.1 Å². The number of hydrogen-bond acceptors (Lipinski definition) is 9. The number of fused-ring (bicyclic) bond motifs is 2. The van der Waals surface area contributed by atoms with Crippen LogP contribution in [0.3, 0.4) is 0 Å². The Balaban J connectivity index is 1.69. The van der Waals surface area contributed by atoms with Crippen LogP contribution in [-0.4, -0.2) is 42.9 Å². The predicted molar refractivity (Wildman–Crippen MR) is 164 cm³/mol. The molecule has 0 spiro atoms. The second-order valence-electron chi connectivity index (χ2n) is 9.60. The number of ether oxygens (including phenoxy) is 4. The minimum absolute atomic E-state index is 0.186. The minimum atomic E-state index is -0.750. The molecule has 0 unspecified atom stereocenters. The van der Waals surface area contributed by atoms with E-state index in [1.54, 1.807) is 32.9 Å². The topological polar surface area (TPSA) is 105 Å². The molecule has 1 aliphatic heterocycles. The Bertz CT molecular complexity index is 1890. The van der Waals surface area contributed by atoms with Crippen molar-refractivity contribution in [3.05, 3.63) is 103 Å². The highest BCUT2D eigenvalue weighted by Gasteiger charge is 2.33. The zero-order valence-corrected chi connectivity index (χ0v) is 25.2.